The molecule has 2 aromatic carbocycles. The maximum Gasteiger partial charge on any atom is 0.338 e. The van der Waals surface area contributed by atoms with Gasteiger partial charge in [-0.15, -0.1) is 0 Å². The number of carbonyl (C=O) groups excluding carboxylic acids is 4. The summed E-state index contributed by atoms with van der Waals surface area (Å²) in [6.07, 6.45) is 0.317. The summed E-state index contributed by atoms with van der Waals surface area (Å²) in [5.74, 6) is -1.76. The number of amides is 3. The fourth-order valence-corrected chi connectivity index (χ4v) is 3.40. The standard InChI is InChI=1S/C22H22N2O5/c1-13-9-14(2)21(15(3)10-13)23-18(25)12-29-22(28)16-5-4-6-17(11-16)24-19(26)7-8-20(24)27/h4-6,9-11H,7-8,12H2,1-3H3,(H,23,25). The van der Waals surface area contributed by atoms with Crippen molar-refractivity contribution in [2.75, 3.05) is 16.8 Å². The molecule has 3 amide bonds. The lowest BCUT2D eigenvalue weighted by Crippen LogP contribution is -2.28. The molecule has 150 valence electrons. The maximum absolute atomic E-state index is 12.3. The molecule has 7 nitrogen and oxygen atoms in total. The molecule has 0 aromatic heterocycles. The van der Waals surface area contributed by atoms with E-state index in [1.54, 1.807) is 12.1 Å². The molecule has 0 spiro atoms. The zero-order chi connectivity index (χ0) is 21.1. The van der Waals surface area contributed by atoms with Crippen LogP contribution in [0.2, 0.25) is 0 Å². The number of imide groups is 1. The Bertz CT molecular complexity index is 973. The molecule has 0 radical (unpaired) electrons. The Hall–Kier alpha value is -3.48. The summed E-state index contributed by atoms with van der Waals surface area (Å²) in [7, 11) is 0. The Morgan fingerprint density at radius 1 is 1.00 bits per heavy atom. The zero-order valence-corrected chi connectivity index (χ0v) is 16.6. The van der Waals surface area contributed by atoms with E-state index in [4.69, 9.17) is 4.74 Å². The van der Waals surface area contributed by atoms with Crippen LogP contribution in [0, 0.1) is 20.8 Å². The highest BCUT2D eigenvalue weighted by atomic mass is 16.5. The summed E-state index contributed by atoms with van der Waals surface area (Å²) in [6, 6.07) is 9.97. The number of hydrogen-bond acceptors (Lipinski definition) is 5. The van der Waals surface area contributed by atoms with E-state index in [0.717, 1.165) is 21.6 Å². The summed E-state index contributed by atoms with van der Waals surface area (Å²) < 4.78 is 5.10. The molecule has 1 fully saturated rings. The number of benzene rings is 2. The molecule has 0 atom stereocenters. The second-order valence-electron chi connectivity index (χ2n) is 7.07. The molecule has 1 heterocycles. The molecule has 0 unspecified atom stereocenters. The van der Waals surface area contributed by atoms with Gasteiger partial charge >= 0.3 is 5.97 Å². The summed E-state index contributed by atoms with van der Waals surface area (Å²) >= 11 is 0. The van der Waals surface area contributed by atoms with Crippen molar-refractivity contribution in [2.24, 2.45) is 0 Å². The minimum atomic E-state index is -0.710. The topological polar surface area (TPSA) is 92.8 Å². The Kier molecular flexibility index (Phi) is 5.77. The van der Waals surface area contributed by atoms with Crippen LogP contribution in [0.1, 0.15) is 39.9 Å². The lowest BCUT2D eigenvalue weighted by atomic mass is 10.1. The van der Waals surface area contributed by atoms with Gasteiger partial charge in [0.1, 0.15) is 0 Å². The summed E-state index contributed by atoms with van der Waals surface area (Å²) in [5.41, 5.74) is 4.13. The molecule has 3 rings (SSSR count). The second kappa shape index (κ2) is 8.26. The SMILES string of the molecule is Cc1cc(C)c(NC(=O)COC(=O)c2cccc(N3C(=O)CCC3=O)c2)c(C)c1. The van der Waals surface area contributed by atoms with Crippen LogP contribution in [0.15, 0.2) is 36.4 Å². The molecule has 0 saturated carbocycles. The van der Waals surface area contributed by atoms with Crippen molar-refractivity contribution in [1.82, 2.24) is 0 Å². The molecule has 0 bridgehead atoms. The third kappa shape index (κ3) is 4.51. The number of carbonyl (C=O) groups is 4. The van der Waals surface area contributed by atoms with E-state index in [-0.39, 0.29) is 30.2 Å². The third-order valence-electron chi connectivity index (χ3n) is 4.67. The highest BCUT2D eigenvalue weighted by Gasteiger charge is 2.30. The molecular weight excluding hydrogens is 372 g/mol. The van der Waals surface area contributed by atoms with E-state index in [2.05, 4.69) is 5.32 Å². The van der Waals surface area contributed by atoms with Gasteiger partial charge in [-0.1, -0.05) is 23.8 Å². The molecule has 1 aliphatic rings. The average molecular weight is 394 g/mol. The Morgan fingerprint density at radius 2 is 1.62 bits per heavy atom. The van der Waals surface area contributed by atoms with E-state index in [0.29, 0.717) is 11.4 Å². The van der Waals surface area contributed by atoms with Crippen molar-refractivity contribution in [2.45, 2.75) is 33.6 Å². The molecule has 29 heavy (non-hydrogen) atoms. The van der Waals surface area contributed by atoms with Crippen LogP contribution in [-0.4, -0.2) is 30.3 Å². The van der Waals surface area contributed by atoms with Crippen LogP contribution < -0.4 is 10.2 Å². The molecule has 1 aliphatic heterocycles. The van der Waals surface area contributed by atoms with Gasteiger partial charge in [-0.3, -0.25) is 19.3 Å². The minimum absolute atomic E-state index is 0.158. The fourth-order valence-electron chi connectivity index (χ4n) is 3.40. The number of anilines is 2. The van der Waals surface area contributed by atoms with Crippen LogP contribution in [0.5, 0.6) is 0 Å². The van der Waals surface area contributed by atoms with Crippen LogP contribution in [-0.2, 0) is 19.1 Å². The van der Waals surface area contributed by atoms with Gasteiger partial charge < -0.3 is 10.1 Å². The Morgan fingerprint density at radius 3 is 2.24 bits per heavy atom. The quantitative estimate of drug-likeness (QED) is 0.621. The summed E-state index contributed by atoms with van der Waals surface area (Å²) in [6.45, 7) is 5.32. The molecular formula is C22H22N2O5. The number of ether oxygens (including phenoxy) is 1. The molecule has 1 N–H and O–H groups in total. The highest BCUT2D eigenvalue weighted by Crippen LogP contribution is 2.24. The first-order valence-corrected chi connectivity index (χ1v) is 9.27. The van der Waals surface area contributed by atoms with Gasteiger partial charge in [-0.05, 0) is 50.1 Å². The van der Waals surface area contributed by atoms with Crippen molar-refractivity contribution in [3.8, 4) is 0 Å². The van der Waals surface area contributed by atoms with Gasteiger partial charge in [0.2, 0.25) is 11.8 Å². The summed E-state index contributed by atoms with van der Waals surface area (Å²) in [4.78, 5) is 49.3. The van der Waals surface area contributed by atoms with Gasteiger partial charge in [0, 0.05) is 18.5 Å². The van der Waals surface area contributed by atoms with Gasteiger partial charge in [0.05, 0.1) is 11.3 Å². The summed E-state index contributed by atoms with van der Waals surface area (Å²) in [5, 5.41) is 2.77. The normalized spacial score (nSPS) is 13.6. The van der Waals surface area contributed by atoms with Gasteiger partial charge in [0.25, 0.3) is 5.91 Å². The number of esters is 1. The number of nitrogens with zero attached hydrogens (tertiary/aromatic N) is 1. The third-order valence-corrected chi connectivity index (χ3v) is 4.67. The predicted molar refractivity (Wildman–Crippen MR) is 108 cm³/mol. The lowest BCUT2D eigenvalue weighted by Gasteiger charge is -2.15. The van der Waals surface area contributed by atoms with Crippen LogP contribution in [0.25, 0.3) is 0 Å². The maximum atomic E-state index is 12.3. The largest absolute Gasteiger partial charge is 0.452 e. The van der Waals surface area contributed by atoms with E-state index in [1.807, 2.05) is 32.9 Å². The molecule has 7 heteroatoms. The van der Waals surface area contributed by atoms with E-state index < -0.39 is 18.5 Å². The zero-order valence-electron chi connectivity index (χ0n) is 16.6. The van der Waals surface area contributed by atoms with Gasteiger partial charge in [-0.25, -0.2) is 4.79 Å². The van der Waals surface area contributed by atoms with Crippen molar-refractivity contribution in [3.63, 3.8) is 0 Å². The first-order valence-electron chi connectivity index (χ1n) is 9.27. The van der Waals surface area contributed by atoms with Crippen molar-refractivity contribution in [1.29, 1.82) is 0 Å². The lowest BCUT2D eigenvalue weighted by molar-refractivity contribution is -0.121. The van der Waals surface area contributed by atoms with Crippen LogP contribution >= 0.6 is 0 Å². The number of rotatable bonds is 5. The fraction of sp³-hybridized carbons (Fsp3) is 0.273. The smallest absolute Gasteiger partial charge is 0.338 e. The van der Waals surface area contributed by atoms with Crippen molar-refractivity contribution >= 4 is 35.1 Å². The van der Waals surface area contributed by atoms with Crippen molar-refractivity contribution < 1.29 is 23.9 Å². The second-order valence-corrected chi connectivity index (χ2v) is 7.07. The Labute approximate surface area is 168 Å². The van der Waals surface area contributed by atoms with Crippen LogP contribution in [0.4, 0.5) is 11.4 Å². The molecule has 1 saturated heterocycles. The first-order chi connectivity index (χ1) is 13.8. The van der Waals surface area contributed by atoms with Crippen LogP contribution in [0.3, 0.4) is 0 Å². The average Bonchev–Trinajstić information content (AvgIpc) is 3.01. The first kappa shape index (κ1) is 20.3. The number of hydrogen-bond donors (Lipinski definition) is 1. The van der Waals surface area contributed by atoms with Gasteiger partial charge in [0.15, 0.2) is 6.61 Å². The number of aryl methyl sites for hydroxylation is 3. The van der Waals surface area contributed by atoms with E-state index in [9.17, 15) is 19.2 Å². The monoisotopic (exact) mass is 394 g/mol. The van der Waals surface area contributed by atoms with E-state index >= 15 is 0 Å². The number of nitrogens with one attached hydrogen (secondary N) is 1. The van der Waals surface area contributed by atoms with Gasteiger partial charge in [-0.2, -0.15) is 0 Å². The molecule has 0 aliphatic carbocycles. The van der Waals surface area contributed by atoms with E-state index in [1.165, 1.54) is 12.1 Å². The molecule has 2 aromatic rings. The Balaban J connectivity index is 1.64. The van der Waals surface area contributed by atoms with Crippen molar-refractivity contribution in [3.05, 3.63) is 58.7 Å². The highest BCUT2D eigenvalue weighted by molar-refractivity contribution is 6.20. The predicted octanol–water partition coefficient (Wildman–Crippen LogP) is 3.06. The minimum Gasteiger partial charge on any atom is -0.452 e.